The minimum Gasteiger partial charge on any atom is -0.313 e. The molecule has 0 saturated carbocycles. The Hall–Kier alpha value is -1.32. The van der Waals surface area contributed by atoms with Crippen LogP contribution in [0.3, 0.4) is 0 Å². The van der Waals surface area contributed by atoms with Gasteiger partial charge in [0.25, 0.3) is 0 Å². The number of aryl methyl sites for hydroxylation is 1. The lowest BCUT2D eigenvalue weighted by Gasteiger charge is -2.13. The Labute approximate surface area is 113 Å². The van der Waals surface area contributed by atoms with Crippen LogP contribution >= 0.6 is 11.6 Å². The van der Waals surface area contributed by atoms with Crippen molar-refractivity contribution in [2.45, 2.75) is 27.3 Å². The Balaban J connectivity index is 2.46. The van der Waals surface area contributed by atoms with Gasteiger partial charge in [0.05, 0.1) is 17.7 Å². The molecule has 4 heteroatoms. The second kappa shape index (κ2) is 5.55. The second-order valence-electron chi connectivity index (χ2n) is 4.34. The SMILES string of the molecule is CCNCc1cc(Cl)ccc1-n1cnc(C)c1C. The fourth-order valence-electron chi connectivity index (χ4n) is 1.93. The molecule has 0 atom stereocenters. The van der Waals surface area contributed by atoms with Crippen LogP contribution in [0.15, 0.2) is 24.5 Å². The summed E-state index contributed by atoms with van der Waals surface area (Å²) < 4.78 is 2.11. The van der Waals surface area contributed by atoms with Crippen molar-refractivity contribution in [1.29, 1.82) is 0 Å². The lowest BCUT2D eigenvalue weighted by Crippen LogP contribution is -2.14. The molecular weight excluding hydrogens is 246 g/mol. The Morgan fingerprint density at radius 1 is 1.33 bits per heavy atom. The zero-order valence-electron chi connectivity index (χ0n) is 11.0. The Morgan fingerprint density at radius 3 is 2.72 bits per heavy atom. The zero-order valence-corrected chi connectivity index (χ0v) is 11.8. The molecule has 0 aliphatic rings. The summed E-state index contributed by atoms with van der Waals surface area (Å²) in [7, 11) is 0. The Bertz CT molecular complexity index is 546. The largest absolute Gasteiger partial charge is 0.313 e. The van der Waals surface area contributed by atoms with Crippen molar-refractivity contribution >= 4 is 11.6 Å². The first-order chi connectivity index (χ1) is 8.63. The molecule has 0 amide bonds. The van der Waals surface area contributed by atoms with E-state index >= 15 is 0 Å². The van der Waals surface area contributed by atoms with Crippen molar-refractivity contribution in [2.75, 3.05) is 6.54 Å². The van der Waals surface area contributed by atoms with Crippen LogP contribution in [0.5, 0.6) is 0 Å². The van der Waals surface area contributed by atoms with Gasteiger partial charge in [-0.3, -0.25) is 0 Å². The molecule has 1 N–H and O–H groups in total. The number of hydrogen-bond donors (Lipinski definition) is 1. The van der Waals surface area contributed by atoms with Crippen LogP contribution in [0.25, 0.3) is 5.69 Å². The third kappa shape index (κ3) is 2.57. The lowest BCUT2D eigenvalue weighted by molar-refractivity contribution is 0.721. The molecule has 96 valence electrons. The Morgan fingerprint density at radius 2 is 2.11 bits per heavy atom. The number of rotatable bonds is 4. The summed E-state index contributed by atoms with van der Waals surface area (Å²) >= 11 is 6.08. The van der Waals surface area contributed by atoms with E-state index in [-0.39, 0.29) is 0 Å². The lowest BCUT2D eigenvalue weighted by atomic mass is 10.1. The fourth-order valence-corrected chi connectivity index (χ4v) is 2.13. The molecule has 18 heavy (non-hydrogen) atoms. The van der Waals surface area contributed by atoms with E-state index in [0.717, 1.165) is 35.2 Å². The first kappa shape index (κ1) is 13.1. The average molecular weight is 264 g/mol. The number of imidazole rings is 1. The number of benzene rings is 1. The Kier molecular flexibility index (Phi) is 4.04. The minimum absolute atomic E-state index is 0.765. The summed E-state index contributed by atoms with van der Waals surface area (Å²) in [4.78, 5) is 4.35. The highest BCUT2D eigenvalue weighted by molar-refractivity contribution is 6.30. The highest BCUT2D eigenvalue weighted by Gasteiger charge is 2.09. The van der Waals surface area contributed by atoms with Gasteiger partial charge in [-0.2, -0.15) is 0 Å². The molecule has 0 unspecified atom stereocenters. The van der Waals surface area contributed by atoms with E-state index in [1.54, 1.807) is 0 Å². The first-order valence-electron chi connectivity index (χ1n) is 6.13. The highest BCUT2D eigenvalue weighted by Crippen LogP contribution is 2.22. The molecule has 0 aliphatic heterocycles. The van der Waals surface area contributed by atoms with Crippen LogP contribution in [0.4, 0.5) is 0 Å². The normalized spacial score (nSPS) is 10.9. The molecule has 2 aromatic rings. The molecule has 0 aliphatic carbocycles. The van der Waals surface area contributed by atoms with Crippen molar-refractivity contribution in [3.63, 3.8) is 0 Å². The van der Waals surface area contributed by atoms with Gasteiger partial charge in [-0.05, 0) is 44.2 Å². The van der Waals surface area contributed by atoms with Gasteiger partial charge in [-0.25, -0.2) is 4.98 Å². The maximum absolute atomic E-state index is 6.08. The van der Waals surface area contributed by atoms with E-state index in [2.05, 4.69) is 28.7 Å². The molecular formula is C14H18ClN3. The summed E-state index contributed by atoms with van der Waals surface area (Å²) in [6, 6.07) is 5.97. The average Bonchev–Trinajstić information content (AvgIpc) is 2.68. The number of aromatic nitrogens is 2. The summed E-state index contributed by atoms with van der Waals surface area (Å²) in [5.41, 5.74) is 4.54. The summed E-state index contributed by atoms with van der Waals surface area (Å²) in [6.07, 6.45) is 1.86. The molecule has 3 nitrogen and oxygen atoms in total. The summed E-state index contributed by atoms with van der Waals surface area (Å²) in [5, 5.41) is 4.10. The minimum atomic E-state index is 0.765. The predicted octanol–water partition coefficient (Wildman–Crippen LogP) is 3.25. The molecule has 0 fully saturated rings. The van der Waals surface area contributed by atoms with Gasteiger partial charge in [0, 0.05) is 17.3 Å². The molecule has 1 heterocycles. The van der Waals surface area contributed by atoms with Gasteiger partial charge >= 0.3 is 0 Å². The van der Waals surface area contributed by atoms with Gasteiger partial charge in [-0.1, -0.05) is 18.5 Å². The van der Waals surface area contributed by atoms with Crippen LogP contribution in [-0.4, -0.2) is 16.1 Å². The van der Waals surface area contributed by atoms with Gasteiger partial charge in [0.15, 0.2) is 0 Å². The van der Waals surface area contributed by atoms with Crippen molar-refractivity contribution in [1.82, 2.24) is 14.9 Å². The monoisotopic (exact) mass is 263 g/mol. The molecule has 1 aromatic carbocycles. The van der Waals surface area contributed by atoms with Crippen LogP contribution in [-0.2, 0) is 6.54 Å². The van der Waals surface area contributed by atoms with Crippen LogP contribution in [0.2, 0.25) is 5.02 Å². The van der Waals surface area contributed by atoms with Crippen molar-refractivity contribution < 1.29 is 0 Å². The van der Waals surface area contributed by atoms with Crippen LogP contribution < -0.4 is 5.32 Å². The van der Waals surface area contributed by atoms with E-state index in [4.69, 9.17) is 11.6 Å². The van der Waals surface area contributed by atoms with Crippen molar-refractivity contribution in [2.24, 2.45) is 0 Å². The van der Waals surface area contributed by atoms with Gasteiger partial charge < -0.3 is 9.88 Å². The van der Waals surface area contributed by atoms with Crippen LogP contribution in [0, 0.1) is 13.8 Å². The van der Waals surface area contributed by atoms with Gasteiger partial charge in [0.2, 0.25) is 0 Å². The number of nitrogens with zero attached hydrogens (tertiary/aromatic N) is 2. The number of halogens is 1. The third-order valence-corrected chi connectivity index (χ3v) is 3.35. The molecule has 0 saturated heterocycles. The van der Waals surface area contributed by atoms with E-state index in [0.29, 0.717) is 0 Å². The predicted molar refractivity (Wildman–Crippen MR) is 75.4 cm³/mol. The number of nitrogens with one attached hydrogen (secondary N) is 1. The highest BCUT2D eigenvalue weighted by atomic mass is 35.5. The van der Waals surface area contributed by atoms with E-state index in [9.17, 15) is 0 Å². The standard InChI is InChI=1S/C14H18ClN3/c1-4-16-8-12-7-13(15)5-6-14(12)18-9-17-10(2)11(18)3/h5-7,9,16H,4,8H2,1-3H3. The van der Waals surface area contributed by atoms with E-state index < -0.39 is 0 Å². The van der Waals surface area contributed by atoms with E-state index in [1.165, 1.54) is 5.56 Å². The molecule has 0 radical (unpaired) electrons. The van der Waals surface area contributed by atoms with Gasteiger partial charge in [0.1, 0.15) is 0 Å². The van der Waals surface area contributed by atoms with Gasteiger partial charge in [-0.15, -0.1) is 0 Å². The topological polar surface area (TPSA) is 29.9 Å². The smallest absolute Gasteiger partial charge is 0.0997 e. The molecule has 0 bridgehead atoms. The zero-order chi connectivity index (χ0) is 13.1. The molecule has 0 spiro atoms. The quantitative estimate of drug-likeness (QED) is 0.918. The second-order valence-corrected chi connectivity index (χ2v) is 4.78. The summed E-state index contributed by atoms with van der Waals surface area (Å²) in [6.45, 7) is 7.94. The fraction of sp³-hybridized carbons (Fsp3) is 0.357. The maximum Gasteiger partial charge on any atom is 0.0997 e. The molecule has 1 aromatic heterocycles. The van der Waals surface area contributed by atoms with Crippen molar-refractivity contribution in [3.05, 3.63) is 46.5 Å². The van der Waals surface area contributed by atoms with Crippen LogP contribution in [0.1, 0.15) is 23.9 Å². The maximum atomic E-state index is 6.08. The summed E-state index contributed by atoms with van der Waals surface area (Å²) in [5.74, 6) is 0. The van der Waals surface area contributed by atoms with Crippen molar-refractivity contribution in [3.8, 4) is 5.69 Å². The third-order valence-electron chi connectivity index (χ3n) is 3.12. The number of hydrogen-bond acceptors (Lipinski definition) is 2. The molecule has 2 rings (SSSR count). The van der Waals surface area contributed by atoms with E-state index in [1.807, 2.05) is 31.5 Å². The first-order valence-corrected chi connectivity index (χ1v) is 6.51.